The normalized spacial score (nSPS) is 12.9. The lowest BCUT2D eigenvalue weighted by atomic mass is 10.0. The Morgan fingerprint density at radius 2 is 1.38 bits per heavy atom. The van der Waals surface area contributed by atoms with E-state index >= 15 is 0 Å². The lowest BCUT2D eigenvalue weighted by Gasteiger charge is -2.22. The standard InChI is InChI=1S/C22H26N2O5/c1-14(2)12-18(21(26)27)24-19(22(28)29)13-23-20(25)17-10-8-16(9-11-17)15-6-4-3-5-7-15/h3-11,14,18-19,24H,12-13H2,1-2H3,(H,23,25)(H,26,27)(H,28,29)/t18-,19-/m0/s1. The molecule has 0 spiro atoms. The molecule has 4 N–H and O–H groups in total. The number of amides is 1. The van der Waals surface area contributed by atoms with Crippen molar-refractivity contribution in [3.63, 3.8) is 0 Å². The molecular formula is C22H26N2O5. The lowest BCUT2D eigenvalue weighted by molar-refractivity contribution is -0.142. The molecule has 2 rings (SSSR count). The Balaban J connectivity index is 1.99. The van der Waals surface area contributed by atoms with Crippen LogP contribution < -0.4 is 10.6 Å². The number of carboxylic acid groups (broad SMARTS) is 2. The third-order valence-electron chi connectivity index (χ3n) is 4.43. The minimum atomic E-state index is -1.22. The van der Waals surface area contributed by atoms with Crippen molar-refractivity contribution in [2.24, 2.45) is 5.92 Å². The van der Waals surface area contributed by atoms with Crippen molar-refractivity contribution < 1.29 is 24.6 Å². The van der Waals surface area contributed by atoms with E-state index in [4.69, 9.17) is 0 Å². The molecule has 2 aromatic rings. The first-order valence-corrected chi connectivity index (χ1v) is 9.43. The van der Waals surface area contributed by atoms with E-state index in [1.54, 1.807) is 12.1 Å². The highest BCUT2D eigenvalue weighted by Crippen LogP contribution is 2.19. The van der Waals surface area contributed by atoms with Gasteiger partial charge in [-0.05, 0) is 35.6 Å². The first-order chi connectivity index (χ1) is 13.8. The van der Waals surface area contributed by atoms with Crippen LogP contribution in [0.5, 0.6) is 0 Å². The van der Waals surface area contributed by atoms with Crippen LogP contribution in [0.3, 0.4) is 0 Å². The molecule has 0 aliphatic heterocycles. The molecule has 0 aromatic heterocycles. The summed E-state index contributed by atoms with van der Waals surface area (Å²) in [6.45, 7) is 3.49. The molecule has 0 saturated heterocycles. The monoisotopic (exact) mass is 398 g/mol. The molecule has 0 unspecified atom stereocenters. The Morgan fingerprint density at radius 3 is 1.90 bits per heavy atom. The summed E-state index contributed by atoms with van der Waals surface area (Å²) in [5.41, 5.74) is 2.38. The molecule has 2 atom stereocenters. The van der Waals surface area contributed by atoms with Gasteiger partial charge in [0.1, 0.15) is 12.1 Å². The summed E-state index contributed by atoms with van der Waals surface area (Å²) in [7, 11) is 0. The summed E-state index contributed by atoms with van der Waals surface area (Å²) >= 11 is 0. The average Bonchev–Trinajstić information content (AvgIpc) is 2.70. The van der Waals surface area contributed by atoms with Crippen LogP contribution in [-0.2, 0) is 9.59 Å². The van der Waals surface area contributed by atoms with E-state index in [9.17, 15) is 24.6 Å². The van der Waals surface area contributed by atoms with Crippen LogP contribution in [0.2, 0.25) is 0 Å². The molecule has 29 heavy (non-hydrogen) atoms. The maximum absolute atomic E-state index is 12.4. The van der Waals surface area contributed by atoms with Gasteiger partial charge in [-0.3, -0.25) is 19.7 Å². The lowest BCUT2D eigenvalue weighted by Crippen LogP contribution is -2.52. The number of carbonyl (C=O) groups excluding carboxylic acids is 1. The van der Waals surface area contributed by atoms with Crippen molar-refractivity contribution in [2.45, 2.75) is 32.4 Å². The Bertz CT molecular complexity index is 834. The molecule has 2 aromatic carbocycles. The van der Waals surface area contributed by atoms with E-state index in [0.717, 1.165) is 11.1 Å². The van der Waals surface area contributed by atoms with Crippen LogP contribution in [0.15, 0.2) is 54.6 Å². The molecule has 0 saturated carbocycles. The van der Waals surface area contributed by atoms with Crippen molar-refractivity contribution in [1.82, 2.24) is 10.6 Å². The van der Waals surface area contributed by atoms with Gasteiger partial charge in [-0.15, -0.1) is 0 Å². The number of nitrogens with one attached hydrogen (secondary N) is 2. The van der Waals surface area contributed by atoms with Gasteiger partial charge in [0.2, 0.25) is 0 Å². The number of aliphatic carboxylic acids is 2. The molecule has 0 fully saturated rings. The van der Waals surface area contributed by atoms with Crippen molar-refractivity contribution in [3.05, 3.63) is 60.2 Å². The average molecular weight is 398 g/mol. The molecular weight excluding hydrogens is 372 g/mol. The molecule has 7 heteroatoms. The number of carbonyl (C=O) groups is 3. The fraction of sp³-hybridized carbons (Fsp3) is 0.318. The Kier molecular flexibility index (Phi) is 7.91. The second-order valence-electron chi connectivity index (χ2n) is 7.23. The van der Waals surface area contributed by atoms with Crippen LogP contribution in [0.1, 0.15) is 30.6 Å². The van der Waals surface area contributed by atoms with Crippen LogP contribution in [-0.4, -0.2) is 46.7 Å². The van der Waals surface area contributed by atoms with Crippen molar-refractivity contribution in [2.75, 3.05) is 6.54 Å². The highest BCUT2D eigenvalue weighted by molar-refractivity contribution is 5.95. The van der Waals surface area contributed by atoms with Crippen molar-refractivity contribution in [3.8, 4) is 11.1 Å². The first-order valence-electron chi connectivity index (χ1n) is 9.43. The zero-order chi connectivity index (χ0) is 21.4. The Morgan fingerprint density at radius 1 is 0.828 bits per heavy atom. The molecule has 0 radical (unpaired) electrons. The molecule has 154 valence electrons. The van der Waals surface area contributed by atoms with Gasteiger partial charge in [0.05, 0.1) is 0 Å². The van der Waals surface area contributed by atoms with Crippen LogP contribution >= 0.6 is 0 Å². The maximum Gasteiger partial charge on any atom is 0.322 e. The van der Waals surface area contributed by atoms with E-state index in [2.05, 4.69) is 10.6 Å². The van der Waals surface area contributed by atoms with Gasteiger partial charge in [-0.25, -0.2) is 0 Å². The first kappa shape index (κ1) is 22.1. The Hall–Kier alpha value is -3.19. The van der Waals surface area contributed by atoms with Gasteiger partial charge in [0.25, 0.3) is 5.91 Å². The largest absolute Gasteiger partial charge is 0.480 e. The summed E-state index contributed by atoms with van der Waals surface area (Å²) in [4.78, 5) is 35.2. The molecule has 1 amide bonds. The van der Waals surface area contributed by atoms with Crippen LogP contribution in [0, 0.1) is 5.92 Å². The minimum absolute atomic E-state index is 0.0794. The fourth-order valence-electron chi connectivity index (χ4n) is 2.91. The number of hydrogen-bond donors (Lipinski definition) is 4. The number of carboxylic acids is 2. The summed E-state index contributed by atoms with van der Waals surface area (Å²) in [6.07, 6.45) is 0.286. The molecule has 7 nitrogen and oxygen atoms in total. The van der Waals surface area contributed by atoms with Gasteiger partial charge < -0.3 is 15.5 Å². The second-order valence-corrected chi connectivity index (χ2v) is 7.23. The van der Waals surface area contributed by atoms with E-state index in [1.165, 1.54) is 0 Å². The van der Waals surface area contributed by atoms with Crippen LogP contribution in [0.25, 0.3) is 11.1 Å². The van der Waals surface area contributed by atoms with Crippen molar-refractivity contribution in [1.29, 1.82) is 0 Å². The summed E-state index contributed by atoms with van der Waals surface area (Å²) in [6, 6.07) is 14.5. The highest BCUT2D eigenvalue weighted by atomic mass is 16.4. The fourth-order valence-corrected chi connectivity index (χ4v) is 2.91. The maximum atomic E-state index is 12.4. The quantitative estimate of drug-likeness (QED) is 0.489. The summed E-state index contributed by atoms with van der Waals surface area (Å²) < 4.78 is 0. The number of benzene rings is 2. The third kappa shape index (κ3) is 6.73. The van der Waals surface area contributed by atoms with E-state index in [1.807, 2.05) is 56.3 Å². The van der Waals surface area contributed by atoms with Gasteiger partial charge in [-0.2, -0.15) is 0 Å². The molecule has 0 aliphatic rings. The zero-order valence-corrected chi connectivity index (χ0v) is 16.5. The topological polar surface area (TPSA) is 116 Å². The predicted octanol–water partition coefficient (Wildman–Crippen LogP) is 2.63. The van der Waals surface area contributed by atoms with Crippen LogP contribution in [0.4, 0.5) is 0 Å². The van der Waals surface area contributed by atoms with Gasteiger partial charge in [-0.1, -0.05) is 56.3 Å². The predicted molar refractivity (Wildman–Crippen MR) is 110 cm³/mol. The number of rotatable bonds is 10. The molecule has 0 aliphatic carbocycles. The minimum Gasteiger partial charge on any atom is -0.480 e. The summed E-state index contributed by atoms with van der Waals surface area (Å²) in [5.74, 6) is -2.68. The second kappa shape index (κ2) is 10.4. The van der Waals surface area contributed by atoms with Crippen molar-refractivity contribution >= 4 is 17.8 Å². The smallest absolute Gasteiger partial charge is 0.322 e. The number of hydrogen-bond acceptors (Lipinski definition) is 4. The third-order valence-corrected chi connectivity index (χ3v) is 4.43. The molecule has 0 bridgehead atoms. The van der Waals surface area contributed by atoms with E-state index < -0.39 is 29.9 Å². The van der Waals surface area contributed by atoms with E-state index in [-0.39, 0.29) is 18.9 Å². The van der Waals surface area contributed by atoms with E-state index in [0.29, 0.717) is 5.56 Å². The van der Waals surface area contributed by atoms with Gasteiger partial charge >= 0.3 is 11.9 Å². The Labute approximate surface area is 169 Å². The molecule has 0 heterocycles. The zero-order valence-electron chi connectivity index (χ0n) is 16.5. The van der Waals surface area contributed by atoms with Gasteiger partial charge in [0.15, 0.2) is 0 Å². The summed E-state index contributed by atoms with van der Waals surface area (Å²) in [5, 5.41) is 23.8. The highest BCUT2D eigenvalue weighted by Gasteiger charge is 2.27. The van der Waals surface area contributed by atoms with Gasteiger partial charge in [0, 0.05) is 12.1 Å². The SMILES string of the molecule is CC(C)C[C@H](N[C@@H](CNC(=O)c1ccc(-c2ccccc2)cc1)C(=O)O)C(=O)O.